The Morgan fingerprint density at radius 3 is 2.71 bits per heavy atom. The molecular formula is C18H17NO2. The predicted molar refractivity (Wildman–Crippen MR) is 84.4 cm³/mol. The third-order valence-electron chi connectivity index (χ3n) is 3.07. The number of aldehydes is 1. The zero-order valence-electron chi connectivity index (χ0n) is 11.9. The Labute approximate surface area is 124 Å². The van der Waals surface area contributed by atoms with Crippen molar-refractivity contribution in [1.82, 2.24) is 5.32 Å². The van der Waals surface area contributed by atoms with Crippen molar-refractivity contribution in [1.29, 1.82) is 0 Å². The van der Waals surface area contributed by atoms with Gasteiger partial charge in [0.2, 0.25) is 0 Å². The third-order valence-corrected chi connectivity index (χ3v) is 3.07. The van der Waals surface area contributed by atoms with Gasteiger partial charge in [0.15, 0.2) is 6.29 Å². The Morgan fingerprint density at radius 1 is 1.14 bits per heavy atom. The summed E-state index contributed by atoms with van der Waals surface area (Å²) in [6.07, 6.45) is 4.53. The number of aryl methyl sites for hydroxylation is 1. The van der Waals surface area contributed by atoms with Gasteiger partial charge in [0.1, 0.15) is 0 Å². The van der Waals surface area contributed by atoms with Crippen molar-refractivity contribution in [3.63, 3.8) is 0 Å². The molecule has 0 aliphatic heterocycles. The first-order valence-electron chi connectivity index (χ1n) is 6.76. The summed E-state index contributed by atoms with van der Waals surface area (Å²) in [5, 5.41) is 2.77. The van der Waals surface area contributed by atoms with Crippen LogP contribution in [0.3, 0.4) is 0 Å². The molecule has 0 atom stereocenters. The van der Waals surface area contributed by atoms with Crippen molar-refractivity contribution in [2.45, 2.75) is 6.92 Å². The second-order valence-corrected chi connectivity index (χ2v) is 4.73. The van der Waals surface area contributed by atoms with Gasteiger partial charge in [0.05, 0.1) is 0 Å². The number of rotatable bonds is 5. The first-order chi connectivity index (χ1) is 10.2. The molecule has 106 valence electrons. The van der Waals surface area contributed by atoms with Crippen LogP contribution in [-0.2, 0) is 0 Å². The van der Waals surface area contributed by atoms with Crippen molar-refractivity contribution in [2.75, 3.05) is 6.54 Å². The first-order valence-corrected chi connectivity index (χ1v) is 6.76. The van der Waals surface area contributed by atoms with Crippen LogP contribution in [0.4, 0.5) is 0 Å². The van der Waals surface area contributed by atoms with E-state index in [9.17, 15) is 9.59 Å². The fourth-order valence-corrected chi connectivity index (χ4v) is 2.02. The molecule has 0 aliphatic rings. The molecule has 0 unspecified atom stereocenters. The van der Waals surface area contributed by atoms with E-state index in [1.807, 2.05) is 37.3 Å². The van der Waals surface area contributed by atoms with Crippen LogP contribution in [0.2, 0.25) is 0 Å². The van der Waals surface area contributed by atoms with Gasteiger partial charge in [-0.25, -0.2) is 0 Å². The number of benzene rings is 2. The molecule has 0 aliphatic carbocycles. The summed E-state index contributed by atoms with van der Waals surface area (Å²) in [6, 6.07) is 14.9. The Morgan fingerprint density at radius 2 is 1.95 bits per heavy atom. The Balaban J connectivity index is 1.94. The molecule has 3 heteroatoms. The molecule has 0 aromatic heterocycles. The zero-order valence-corrected chi connectivity index (χ0v) is 11.9. The molecule has 2 aromatic rings. The zero-order chi connectivity index (χ0) is 15.1. The maximum absolute atomic E-state index is 12.0. The molecule has 0 saturated heterocycles. The van der Waals surface area contributed by atoms with Crippen LogP contribution < -0.4 is 5.32 Å². The number of carbonyl (C=O) groups excluding carboxylic acids is 2. The van der Waals surface area contributed by atoms with E-state index in [1.54, 1.807) is 24.3 Å². The van der Waals surface area contributed by atoms with E-state index in [0.29, 0.717) is 24.0 Å². The molecule has 3 nitrogen and oxygen atoms in total. The van der Waals surface area contributed by atoms with Crippen LogP contribution in [0, 0.1) is 6.92 Å². The maximum atomic E-state index is 12.0. The molecule has 0 bridgehead atoms. The second kappa shape index (κ2) is 7.20. The average molecular weight is 279 g/mol. The highest BCUT2D eigenvalue weighted by atomic mass is 16.1. The quantitative estimate of drug-likeness (QED) is 0.854. The summed E-state index contributed by atoms with van der Waals surface area (Å²) in [6.45, 7) is 2.45. The van der Waals surface area contributed by atoms with Crippen LogP contribution in [0.5, 0.6) is 0 Å². The third kappa shape index (κ3) is 4.14. The van der Waals surface area contributed by atoms with Crippen LogP contribution in [-0.4, -0.2) is 18.7 Å². The van der Waals surface area contributed by atoms with Crippen LogP contribution in [0.1, 0.15) is 31.8 Å². The minimum atomic E-state index is -0.244. The standard InChI is InChI=1S/C18H17NO2/c1-14-6-4-7-15(12-14)8-5-11-19-18(21)17-10-3-2-9-16(17)13-20/h2-10,12-13H,11H2,1H3,(H,19,21)/b8-5+. The summed E-state index contributed by atoms with van der Waals surface area (Å²) in [7, 11) is 0. The molecule has 0 radical (unpaired) electrons. The summed E-state index contributed by atoms with van der Waals surface area (Å²) in [5.41, 5.74) is 3.09. The smallest absolute Gasteiger partial charge is 0.252 e. The van der Waals surface area contributed by atoms with E-state index < -0.39 is 0 Å². The maximum Gasteiger partial charge on any atom is 0.252 e. The van der Waals surface area contributed by atoms with Crippen molar-refractivity contribution in [3.05, 3.63) is 76.9 Å². The summed E-state index contributed by atoms with van der Waals surface area (Å²) >= 11 is 0. The fourth-order valence-electron chi connectivity index (χ4n) is 2.02. The van der Waals surface area contributed by atoms with Gasteiger partial charge in [-0.15, -0.1) is 0 Å². The second-order valence-electron chi connectivity index (χ2n) is 4.73. The summed E-state index contributed by atoms with van der Waals surface area (Å²) in [5.74, 6) is -0.244. The topological polar surface area (TPSA) is 46.2 Å². The lowest BCUT2D eigenvalue weighted by Gasteiger charge is -2.04. The van der Waals surface area contributed by atoms with Crippen LogP contribution in [0.15, 0.2) is 54.6 Å². The number of carbonyl (C=O) groups is 2. The summed E-state index contributed by atoms with van der Waals surface area (Å²) < 4.78 is 0. The van der Waals surface area contributed by atoms with Gasteiger partial charge in [-0.1, -0.05) is 60.2 Å². The highest BCUT2D eigenvalue weighted by Gasteiger charge is 2.08. The van der Waals surface area contributed by atoms with E-state index in [-0.39, 0.29) is 5.91 Å². The van der Waals surface area contributed by atoms with E-state index in [1.165, 1.54) is 5.56 Å². The van der Waals surface area contributed by atoms with Gasteiger partial charge in [0, 0.05) is 17.7 Å². The first kappa shape index (κ1) is 14.7. The highest BCUT2D eigenvalue weighted by molar-refractivity contribution is 6.01. The number of hydrogen-bond donors (Lipinski definition) is 1. The molecule has 2 aromatic carbocycles. The molecule has 0 saturated carbocycles. The molecule has 0 heterocycles. The van der Waals surface area contributed by atoms with E-state index in [2.05, 4.69) is 11.4 Å². The lowest BCUT2D eigenvalue weighted by Crippen LogP contribution is -2.24. The molecule has 1 N–H and O–H groups in total. The van der Waals surface area contributed by atoms with Crippen molar-refractivity contribution < 1.29 is 9.59 Å². The van der Waals surface area contributed by atoms with Crippen molar-refractivity contribution in [3.8, 4) is 0 Å². The molecule has 0 fully saturated rings. The average Bonchev–Trinajstić information content (AvgIpc) is 2.51. The Hall–Kier alpha value is -2.68. The molecular weight excluding hydrogens is 262 g/mol. The normalized spacial score (nSPS) is 10.5. The van der Waals surface area contributed by atoms with Gasteiger partial charge in [-0.2, -0.15) is 0 Å². The lowest BCUT2D eigenvalue weighted by molar-refractivity contribution is 0.0952. The van der Waals surface area contributed by atoms with E-state index in [0.717, 1.165) is 5.56 Å². The minimum Gasteiger partial charge on any atom is -0.349 e. The van der Waals surface area contributed by atoms with Gasteiger partial charge >= 0.3 is 0 Å². The molecule has 2 rings (SSSR count). The van der Waals surface area contributed by atoms with E-state index >= 15 is 0 Å². The molecule has 21 heavy (non-hydrogen) atoms. The summed E-state index contributed by atoms with van der Waals surface area (Å²) in [4.78, 5) is 22.9. The number of nitrogens with one attached hydrogen (secondary N) is 1. The van der Waals surface area contributed by atoms with Crippen LogP contribution in [0.25, 0.3) is 6.08 Å². The highest BCUT2D eigenvalue weighted by Crippen LogP contribution is 2.07. The molecule has 0 spiro atoms. The van der Waals surface area contributed by atoms with E-state index in [4.69, 9.17) is 0 Å². The lowest BCUT2D eigenvalue weighted by atomic mass is 10.1. The van der Waals surface area contributed by atoms with Crippen LogP contribution >= 0.6 is 0 Å². The predicted octanol–water partition coefficient (Wildman–Crippen LogP) is 3.25. The van der Waals surface area contributed by atoms with Crippen molar-refractivity contribution in [2.24, 2.45) is 0 Å². The fraction of sp³-hybridized carbons (Fsp3) is 0.111. The van der Waals surface area contributed by atoms with Gasteiger partial charge in [0.25, 0.3) is 5.91 Å². The number of amides is 1. The largest absolute Gasteiger partial charge is 0.349 e. The van der Waals surface area contributed by atoms with Gasteiger partial charge in [-0.3, -0.25) is 9.59 Å². The number of hydrogen-bond acceptors (Lipinski definition) is 2. The molecule has 1 amide bonds. The minimum absolute atomic E-state index is 0.244. The monoisotopic (exact) mass is 279 g/mol. The van der Waals surface area contributed by atoms with Gasteiger partial charge in [-0.05, 0) is 18.6 Å². The Kier molecular flexibility index (Phi) is 5.04. The van der Waals surface area contributed by atoms with Crippen molar-refractivity contribution >= 4 is 18.3 Å². The SMILES string of the molecule is Cc1cccc(/C=C/CNC(=O)c2ccccc2C=O)c1. The Bertz CT molecular complexity index is 674. The van der Waals surface area contributed by atoms with Gasteiger partial charge < -0.3 is 5.32 Å².